The first-order valence-corrected chi connectivity index (χ1v) is 8.88. The molecule has 1 amide bonds. The molecule has 2 atom stereocenters. The Labute approximate surface area is 143 Å². The fourth-order valence-electron chi connectivity index (χ4n) is 3.52. The van der Waals surface area contributed by atoms with Gasteiger partial charge in [0.1, 0.15) is 13.1 Å². The lowest BCUT2D eigenvalue weighted by Gasteiger charge is -2.29. The number of hydrogen-bond donors (Lipinski definition) is 2. The van der Waals surface area contributed by atoms with Gasteiger partial charge in [-0.25, -0.2) is 0 Å². The molecule has 24 heavy (non-hydrogen) atoms. The van der Waals surface area contributed by atoms with Crippen LogP contribution in [-0.2, 0) is 17.9 Å². The van der Waals surface area contributed by atoms with E-state index in [0.717, 1.165) is 22.8 Å². The van der Waals surface area contributed by atoms with Gasteiger partial charge in [-0.1, -0.05) is 19.8 Å². The van der Waals surface area contributed by atoms with E-state index < -0.39 is 0 Å². The van der Waals surface area contributed by atoms with E-state index in [1.54, 1.807) is 12.5 Å². The predicted octanol–water partition coefficient (Wildman–Crippen LogP) is 2.15. The third kappa shape index (κ3) is 4.74. The highest BCUT2D eigenvalue weighted by molar-refractivity contribution is 5.77. The van der Waals surface area contributed by atoms with Crippen molar-refractivity contribution in [1.29, 1.82) is 0 Å². The van der Waals surface area contributed by atoms with Crippen LogP contribution in [0.3, 0.4) is 0 Å². The maximum atomic E-state index is 12.5. The molecule has 2 aromatic heterocycles. The van der Waals surface area contributed by atoms with Crippen molar-refractivity contribution in [3.8, 4) is 0 Å². The predicted molar refractivity (Wildman–Crippen MR) is 90.2 cm³/mol. The molecule has 1 fully saturated rings. The normalized spacial score (nSPS) is 21.1. The van der Waals surface area contributed by atoms with E-state index in [0.29, 0.717) is 31.6 Å². The van der Waals surface area contributed by atoms with Gasteiger partial charge in [0.2, 0.25) is 0 Å². The van der Waals surface area contributed by atoms with Crippen molar-refractivity contribution in [2.24, 2.45) is 5.92 Å². The molecule has 2 N–H and O–H groups in total. The molecule has 130 valence electrons. The highest BCUT2D eigenvalue weighted by atomic mass is 16.3. The number of hydrogen-bond acceptors (Lipinski definition) is 3. The molecule has 5 heteroatoms. The van der Waals surface area contributed by atoms with Crippen molar-refractivity contribution in [3.05, 3.63) is 48.3 Å². The second-order valence-electron chi connectivity index (χ2n) is 6.87. The van der Waals surface area contributed by atoms with Crippen molar-refractivity contribution in [3.63, 3.8) is 0 Å². The van der Waals surface area contributed by atoms with Crippen LogP contribution in [0.1, 0.15) is 44.1 Å². The minimum Gasteiger partial charge on any atom is -0.463 e. The molecule has 1 saturated carbocycles. The second kappa shape index (κ2) is 8.20. The van der Waals surface area contributed by atoms with Crippen LogP contribution in [0.5, 0.6) is 0 Å². The Hall–Kier alpha value is -2.01. The second-order valence-corrected chi connectivity index (χ2v) is 6.87. The number of carbonyl (C=O) groups is 1. The lowest BCUT2D eigenvalue weighted by atomic mass is 9.86. The minimum absolute atomic E-state index is 0.113. The summed E-state index contributed by atoms with van der Waals surface area (Å²) in [6, 6.07) is 7.97. The summed E-state index contributed by atoms with van der Waals surface area (Å²) in [5, 5.41) is 3.24. The summed E-state index contributed by atoms with van der Waals surface area (Å²) >= 11 is 0. The highest BCUT2D eigenvalue weighted by Gasteiger charge is 2.25. The van der Waals surface area contributed by atoms with Crippen LogP contribution in [0.4, 0.5) is 0 Å². The van der Waals surface area contributed by atoms with E-state index in [4.69, 9.17) is 8.83 Å². The van der Waals surface area contributed by atoms with Crippen LogP contribution < -0.4 is 10.2 Å². The molecule has 0 aliphatic heterocycles. The lowest BCUT2D eigenvalue weighted by molar-refractivity contribution is -0.921. The molecule has 1 aliphatic carbocycles. The lowest BCUT2D eigenvalue weighted by Crippen LogP contribution is -3.10. The van der Waals surface area contributed by atoms with E-state index in [1.807, 2.05) is 24.3 Å². The van der Waals surface area contributed by atoms with Crippen molar-refractivity contribution in [1.82, 2.24) is 5.32 Å². The van der Waals surface area contributed by atoms with Gasteiger partial charge in [-0.3, -0.25) is 4.79 Å². The van der Waals surface area contributed by atoms with Crippen molar-refractivity contribution in [2.45, 2.75) is 51.7 Å². The number of furan rings is 2. The van der Waals surface area contributed by atoms with Crippen molar-refractivity contribution in [2.75, 3.05) is 6.54 Å². The largest absolute Gasteiger partial charge is 0.463 e. The molecule has 0 radical (unpaired) electrons. The van der Waals surface area contributed by atoms with Crippen LogP contribution >= 0.6 is 0 Å². The van der Waals surface area contributed by atoms with Crippen LogP contribution in [0, 0.1) is 5.92 Å². The molecule has 0 spiro atoms. The number of carbonyl (C=O) groups excluding carboxylic acids is 1. The van der Waals surface area contributed by atoms with E-state index >= 15 is 0 Å². The minimum atomic E-state index is 0.113. The molecule has 5 nitrogen and oxygen atoms in total. The maximum Gasteiger partial charge on any atom is 0.275 e. The zero-order chi connectivity index (χ0) is 16.8. The molecule has 1 aliphatic rings. The van der Waals surface area contributed by atoms with Crippen LogP contribution in [0.15, 0.2) is 45.6 Å². The summed E-state index contributed by atoms with van der Waals surface area (Å²) in [6.07, 6.45) is 8.14. The molecule has 0 saturated heterocycles. The Kier molecular flexibility index (Phi) is 5.75. The number of nitrogens with one attached hydrogen (secondary N) is 2. The van der Waals surface area contributed by atoms with Crippen LogP contribution in [0.2, 0.25) is 0 Å². The first kappa shape index (κ1) is 16.8. The molecule has 2 heterocycles. The Balaban J connectivity index is 1.58. The Morgan fingerprint density at radius 1 is 1.12 bits per heavy atom. The average Bonchev–Trinajstić information content (AvgIpc) is 3.23. The van der Waals surface area contributed by atoms with Gasteiger partial charge < -0.3 is 19.1 Å². The summed E-state index contributed by atoms with van der Waals surface area (Å²) in [7, 11) is 0. The van der Waals surface area contributed by atoms with Gasteiger partial charge in [0, 0.05) is 6.04 Å². The highest BCUT2D eigenvalue weighted by Crippen LogP contribution is 2.23. The number of quaternary nitrogens is 1. The molecule has 0 aromatic carbocycles. The summed E-state index contributed by atoms with van der Waals surface area (Å²) in [5.74, 6) is 2.45. The Morgan fingerprint density at radius 3 is 2.29 bits per heavy atom. The Bertz CT molecular complexity index is 570. The van der Waals surface area contributed by atoms with Gasteiger partial charge in [0.05, 0.1) is 12.5 Å². The zero-order valence-electron chi connectivity index (χ0n) is 14.3. The van der Waals surface area contributed by atoms with E-state index in [1.165, 1.54) is 19.3 Å². The smallest absolute Gasteiger partial charge is 0.275 e. The Morgan fingerprint density at radius 2 is 1.75 bits per heavy atom. The quantitative estimate of drug-likeness (QED) is 0.817. The molecular formula is C19H27N2O3+. The van der Waals surface area contributed by atoms with Crippen LogP contribution in [-0.4, -0.2) is 18.5 Å². The van der Waals surface area contributed by atoms with Gasteiger partial charge in [0.15, 0.2) is 18.1 Å². The first-order valence-electron chi connectivity index (χ1n) is 8.88. The summed E-state index contributed by atoms with van der Waals surface area (Å²) in [6.45, 7) is 3.99. The standard InChI is InChI=1S/C19H26N2O3/c1-15-6-2-3-9-18(15)20-19(22)14-21(12-16-7-4-10-23-16)13-17-8-5-11-24-17/h4-5,7-8,10-11,15,18H,2-3,6,9,12-14H2,1H3,(H,20,22)/p+1/t15-,18+/m0/s1. The first-order chi connectivity index (χ1) is 11.7. The summed E-state index contributed by atoms with van der Waals surface area (Å²) < 4.78 is 10.9. The summed E-state index contributed by atoms with van der Waals surface area (Å²) in [5.41, 5.74) is 0. The monoisotopic (exact) mass is 331 g/mol. The van der Waals surface area contributed by atoms with E-state index in [9.17, 15) is 4.79 Å². The molecule has 0 unspecified atom stereocenters. The fraction of sp³-hybridized carbons (Fsp3) is 0.526. The van der Waals surface area contributed by atoms with Crippen molar-refractivity contribution < 1.29 is 18.5 Å². The molecule has 0 bridgehead atoms. The topological polar surface area (TPSA) is 59.8 Å². The SMILES string of the molecule is C[C@H]1CCCC[C@H]1NC(=O)C[NH+](Cc1ccco1)Cc1ccco1. The summed E-state index contributed by atoms with van der Waals surface area (Å²) in [4.78, 5) is 13.6. The maximum absolute atomic E-state index is 12.5. The zero-order valence-corrected chi connectivity index (χ0v) is 14.3. The fourth-order valence-corrected chi connectivity index (χ4v) is 3.52. The number of amides is 1. The van der Waals surface area contributed by atoms with Crippen molar-refractivity contribution >= 4 is 5.91 Å². The van der Waals surface area contributed by atoms with Gasteiger partial charge >= 0.3 is 0 Å². The molecular weight excluding hydrogens is 304 g/mol. The third-order valence-corrected chi connectivity index (χ3v) is 4.88. The average molecular weight is 331 g/mol. The molecule has 2 aromatic rings. The van der Waals surface area contributed by atoms with Gasteiger partial charge in [0.25, 0.3) is 5.91 Å². The molecule has 3 rings (SSSR count). The van der Waals surface area contributed by atoms with E-state index in [-0.39, 0.29) is 5.91 Å². The van der Waals surface area contributed by atoms with Crippen LogP contribution in [0.25, 0.3) is 0 Å². The number of rotatable bonds is 7. The van der Waals surface area contributed by atoms with E-state index in [2.05, 4.69) is 12.2 Å². The van der Waals surface area contributed by atoms with Gasteiger partial charge in [-0.2, -0.15) is 0 Å². The third-order valence-electron chi connectivity index (χ3n) is 4.88. The van der Waals surface area contributed by atoms with Gasteiger partial charge in [-0.05, 0) is 43.0 Å². The van der Waals surface area contributed by atoms with Gasteiger partial charge in [-0.15, -0.1) is 0 Å².